The van der Waals surface area contributed by atoms with Crippen LogP contribution in [0.4, 0.5) is 0 Å². The maximum absolute atomic E-state index is 13.8. The van der Waals surface area contributed by atoms with Gasteiger partial charge in [0.05, 0.1) is 36.8 Å². The second-order valence-electron chi connectivity index (χ2n) is 16.5. The maximum Gasteiger partial charge on any atom is 0.342 e. The van der Waals surface area contributed by atoms with E-state index in [1.165, 1.54) is 27.7 Å². The summed E-state index contributed by atoms with van der Waals surface area (Å²) in [4.78, 5) is 92.6. The van der Waals surface area contributed by atoms with E-state index in [0.717, 1.165) is 21.0 Å². The summed E-state index contributed by atoms with van der Waals surface area (Å²) in [5.74, 6) is -7.83. The smallest absolute Gasteiger partial charge is 0.342 e. The Balaban J connectivity index is 1.68. The second kappa shape index (κ2) is 12.4. The van der Waals surface area contributed by atoms with E-state index in [1.54, 1.807) is 13.8 Å². The Morgan fingerprint density at radius 1 is 0.811 bits per heavy atom. The van der Waals surface area contributed by atoms with Crippen molar-refractivity contribution >= 4 is 41.6 Å². The highest BCUT2D eigenvalue weighted by Crippen LogP contribution is 2.78. The van der Waals surface area contributed by atoms with Crippen LogP contribution in [0, 0.1) is 39.4 Å². The quantitative estimate of drug-likeness (QED) is 0.221. The molecule has 0 radical (unpaired) electrons. The number of Topliss-reactive ketones (excluding diaryl/α,β-unsaturated/α-hetero) is 1. The highest BCUT2D eigenvalue weighted by molar-refractivity contribution is 6.01. The Morgan fingerprint density at radius 3 is 1.92 bits per heavy atom. The standard InChI is InChI=1S/C37H50O16/c1-16(48-17(2)38)35-15-47-14-24(35)32(7)12-11-23-33(8,26(32)25(49-18(3)39)28(35)50-19(4)40)29(51-20(5)41)30(52-21(6)42)34(9)36(23,45)13-22(43)27-37(34,53-27)31(44)46-10/h16,23-30,45H,11-15H2,1-10H3/t16-,23+,24-,25-,26-,27+,28-,29+,30-,32-,33-,34+,35+,36+,37-/m0/s1. The fraction of sp³-hybridized carbons (Fsp3) is 0.811. The van der Waals surface area contributed by atoms with Crippen LogP contribution < -0.4 is 0 Å². The molecule has 53 heavy (non-hydrogen) atoms. The third-order valence-electron chi connectivity index (χ3n) is 14.2. The molecule has 294 valence electrons. The molecule has 4 aliphatic carbocycles. The lowest BCUT2D eigenvalue weighted by atomic mass is 9.32. The van der Waals surface area contributed by atoms with Gasteiger partial charge in [-0.05, 0) is 38.0 Å². The van der Waals surface area contributed by atoms with Gasteiger partial charge in [-0.2, -0.15) is 0 Å². The lowest BCUT2D eigenvalue weighted by Gasteiger charge is -2.74. The monoisotopic (exact) mass is 750 g/mol. The first-order valence-electron chi connectivity index (χ1n) is 18.0. The van der Waals surface area contributed by atoms with E-state index in [0.29, 0.717) is 0 Å². The number of carbonyl (C=O) groups is 7. The Labute approximate surface area is 307 Å². The van der Waals surface area contributed by atoms with Crippen LogP contribution in [0.2, 0.25) is 0 Å². The Morgan fingerprint density at radius 2 is 1.38 bits per heavy atom. The number of hydrogen-bond donors (Lipinski definition) is 1. The molecule has 0 unspecified atom stereocenters. The van der Waals surface area contributed by atoms with E-state index < -0.39 is 135 Å². The first kappa shape index (κ1) is 39.1. The van der Waals surface area contributed by atoms with Crippen LogP contribution in [0.3, 0.4) is 0 Å². The highest BCUT2D eigenvalue weighted by atomic mass is 16.7. The van der Waals surface area contributed by atoms with Crippen molar-refractivity contribution in [3.63, 3.8) is 0 Å². The van der Waals surface area contributed by atoms with Gasteiger partial charge in [0.2, 0.25) is 5.60 Å². The van der Waals surface area contributed by atoms with Crippen LogP contribution in [0.15, 0.2) is 0 Å². The molecule has 4 saturated carbocycles. The number of epoxide rings is 1. The van der Waals surface area contributed by atoms with E-state index in [1.807, 2.05) is 6.92 Å². The molecule has 6 aliphatic rings. The van der Waals surface area contributed by atoms with Crippen molar-refractivity contribution in [1.29, 1.82) is 0 Å². The summed E-state index contributed by atoms with van der Waals surface area (Å²) in [6.07, 6.45) is -8.09. The summed E-state index contributed by atoms with van der Waals surface area (Å²) in [5.41, 5.74) is -10.0. The van der Waals surface area contributed by atoms with Crippen molar-refractivity contribution in [3.8, 4) is 0 Å². The van der Waals surface area contributed by atoms with Crippen LogP contribution in [0.1, 0.15) is 81.6 Å². The molecular formula is C37H50O16. The molecule has 2 aliphatic heterocycles. The number of hydrogen-bond acceptors (Lipinski definition) is 16. The molecule has 16 nitrogen and oxygen atoms in total. The molecule has 6 fully saturated rings. The van der Waals surface area contributed by atoms with Crippen molar-refractivity contribution < 1.29 is 76.6 Å². The number of carbonyl (C=O) groups excluding carboxylic acids is 7. The molecule has 0 aromatic rings. The number of methoxy groups -OCH3 is 1. The van der Waals surface area contributed by atoms with E-state index in [-0.39, 0.29) is 26.1 Å². The van der Waals surface area contributed by atoms with Crippen molar-refractivity contribution in [2.24, 2.45) is 39.4 Å². The number of aliphatic hydroxyl groups is 1. The van der Waals surface area contributed by atoms with Crippen LogP contribution in [0.25, 0.3) is 0 Å². The van der Waals surface area contributed by atoms with E-state index in [9.17, 15) is 38.7 Å². The van der Waals surface area contributed by atoms with Gasteiger partial charge in [-0.3, -0.25) is 28.8 Å². The summed E-state index contributed by atoms with van der Waals surface area (Å²) in [6.45, 7) is 12.8. The molecular weight excluding hydrogens is 700 g/mol. The molecule has 2 heterocycles. The lowest BCUT2D eigenvalue weighted by molar-refractivity contribution is -0.355. The minimum atomic E-state index is -2.18. The average Bonchev–Trinajstić information content (AvgIpc) is 3.65. The Hall–Kier alpha value is -3.63. The predicted octanol–water partition coefficient (Wildman–Crippen LogP) is 1.38. The van der Waals surface area contributed by atoms with Gasteiger partial charge in [0, 0.05) is 58.3 Å². The zero-order chi connectivity index (χ0) is 39.4. The molecule has 16 heteroatoms. The van der Waals surface area contributed by atoms with Gasteiger partial charge in [0.1, 0.15) is 18.3 Å². The number of rotatable bonds is 7. The van der Waals surface area contributed by atoms with E-state index in [2.05, 4.69) is 0 Å². The number of ether oxygens (including phenoxy) is 8. The summed E-state index contributed by atoms with van der Waals surface area (Å²) in [5, 5.41) is 13.4. The summed E-state index contributed by atoms with van der Waals surface area (Å²) in [6, 6.07) is 0. The minimum Gasteiger partial charge on any atom is -0.467 e. The molecule has 0 aromatic carbocycles. The Kier molecular flexibility index (Phi) is 9.18. The number of ketones is 1. The van der Waals surface area contributed by atoms with Gasteiger partial charge in [-0.15, -0.1) is 0 Å². The molecule has 15 atom stereocenters. The zero-order valence-corrected chi connectivity index (χ0v) is 31.8. The predicted molar refractivity (Wildman–Crippen MR) is 175 cm³/mol. The summed E-state index contributed by atoms with van der Waals surface area (Å²) in [7, 11) is 1.11. The first-order chi connectivity index (χ1) is 24.5. The highest BCUT2D eigenvalue weighted by Gasteiger charge is 2.92. The SMILES string of the molecule is COC(=O)[C@@]12O[C@@H]1C(=O)C[C@@]1(O)[C@@H]3CC[C@]4(C)[C@H]([C@H](OC(C)=O)[C@H](OC(C)=O)[C@@]5([C@H](C)OC(C)=O)COC[C@@H]45)[C@@]3(C)[C@H](OC(C)=O)[C@H](OC(C)=O)[C@]12C. The average molecular weight is 751 g/mol. The largest absolute Gasteiger partial charge is 0.467 e. The molecule has 2 saturated heterocycles. The minimum absolute atomic E-state index is 0.0371. The van der Waals surface area contributed by atoms with Crippen LogP contribution in [0.5, 0.6) is 0 Å². The molecule has 0 spiro atoms. The summed E-state index contributed by atoms with van der Waals surface area (Å²) >= 11 is 0. The number of fused-ring (bicyclic) bond motifs is 9. The van der Waals surface area contributed by atoms with Crippen molar-refractivity contribution in [3.05, 3.63) is 0 Å². The third kappa shape index (κ3) is 4.92. The Bertz CT molecular complexity index is 1640. The molecule has 0 amide bonds. The van der Waals surface area contributed by atoms with Gasteiger partial charge >= 0.3 is 35.8 Å². The maximum atomic E-state index is 13.8. The van der Waals surface area contributed by atoms with Crippen molar-refractivity contribution in [2.75, 3.05) is 20.3 Å². The van der Waals surface area contributed by atoms with Crippen LogP contribution in [-0.2, 0) is 71.5 Å². The topological polar surface area (TPSA) is 217 Å². The fourth-order valence-corrected chi connectivity index (χ4v) is 12.5. The van der Waals surface area contributed by atoms with Gasteiger partial charge in [-0.1, -0.05) is 13.8 Å². The fourth-order valence-electron chi connectivity index (χ4n) is 12.5. The first-order valence-corrected chi connectivity index (χ1v) is 18.0. The van der Waals surface area contributed by atoms with Crippen molar-refractivity contribution in [2.45, 2.75) is 129 Å². The van der Waals surface area contributed by atoms with Crippen LogP contribution >= 0.6 is 0 Å². The van der Waals surface area contributed by atoms with Gasteiger partial charge in [-0.25, -0.2) is 4.79 Å². The zero-order valence-electron chi connectivity index (χ0n) is 31.8. The van der Waals surface area contributed by atoms with Gasteiger partial charge in [0.15, 0.2) is 24.1 Å². The molecule has 1 N–H and O–H groups in total. The van der Waals surface area contributed by atoms with Crippen LogP contribution in [-0.4, -0.2) is 115 Å². The van der Waals surface area contributed by atoms with Gasteiger partial charge in [0.25, 0.3) is 0 Å². The van der Waals surface area contributed by atoms with E-state index >= 15 is 0 Å². The number of esters is 6. The molecule has 0 bridgehead atoms. The van der Waals surface area contributed by atoms with Crippen molar-refractivity contribution in [1.82, 2.24) is 0 Å². The normalized spacial score (nSPS) is 46.7. The van der Waals surface area contributed by atoms with Gasteiger partial charge < -0.3 is 43.0 Å². The second-order valence-corrected chi connectivity index (χ2v) is 16.5. The summed E-state index contributed by atoms with van der Waals surface area (Å²) < 4.78 is 47.7. The molecule has 6 rings (SSSR count). The lowest BCUT2D eigenvalue weighted by Crippen LogP contribution is -2.84. The third-order valence-corrected chi connectivity index (χ3v) is 14.2. The molecule has 0 aromatic heterocycles. The van der Waals surface area contributed by atoms with E-state index in [4.69, 9.17) is 37.9 Å².